The molecule has 0 aromatic heterocycles. The summed E-state index contributed by atoms with van der Waals surface area (Å²) in [5.74, 6) is 0. The second-order valence-corrected chi connectivity index (χ2v) is 1.96. The molecular weight excluding hydrogens is 100 g/mol. The summed E-state index contributed by atoms with van der Waals surface area (Å²) in [6.07, 6.45) is 5.73. The lowest BCUT2D eigenvalue weighted by atomic mass is 10.2. The van der Waals surface area contributed by atoms with Crippen molar-refractivity contribution in [3.63, 3.8) is 0 Å². The summed E-state index contributed by atoms with van der Waals surface area (Å²) in [4.78, 5) is 0. The topological polar surface area (TPSA) is 20.2 Å². The molecule has 0 saturated carbocycles. The summed E-state index contributed by atoms with van der Waals surface area (Å²) >= 11 is 0. The van der Waals surface area contributed by atoms with Gasteiger partial charge in [-0.05, 0) is 19.8 Å². The van der Waals surface area contributed by atoms with Crippen LogP contribution >= 0.6 is 0 Å². The van der Waals surface area contributed by atoms with E-state index in [4.69, 9.17) is 5.11 Å². The van der Waals surface area contributed by atoms with Crippen molar-refractivity contribution in [2.75, 3.05) is 0 Å². The highest BCUT2D eigenvalue weighted by Crippen LogP contribution is 1.91. The van der Waals surface area contributed by atoms with Crippen molar-refractivity contribution in [3.8, 4) is 0 Å². The highest BCUT2D eigenvalue weighted by molar-refractivity contribution is 4.81. The van der Waals surface area contributed by atoms with Crippen molar-refractivity contribution < 1.29 is 5.11 Å². The number of hydrogen-bond donors (Lipinski definition) is 1. The molecule has 0 unspecified atom stereocenters. The van der Waals surface area contributed by atoms with Gasteiger partial charge in [0, 0.05) is 0 Å². The van der Waals surface area contributed by atoms with E-state index in [0.717, 1.165) is 12.8 Å². The summed E-state index contributed by atoms with van der Waals surface area (Å²) in [5, 5.41) is 8.73. The predicted octanol–water partition coefficient (Wildman–Crippen LogP) is 1.72. The third-order valence-corrected chi connectivity index (χ3v) is 0.880. The van der Waals surface area contributed by atoms with Crippen LogP contribution in [0.2, 0.25) is 0 Å². The van der Waals surface area contributed by atoms with Gasteiger partial charge in [0.05, 0.1) is 6.10 Å². The quantitative estimate of drug-likeness (QED) is 0.554. The SMILES string of the molecule is CC/C=C\C[C@H](C)O. The van der Waals surface area contributed by atoms with E-state index in [2.05, 4.69) is 13.0 Å². The van der Waals surface area contributed by atoms with Gasteiger partial charge < -0.3 is 5.11 Å². The Balaban J connectivity index is 3.03. The van der Waals surface area contributed by atoms with Crippen LogP contribution in [0.4, 0.5) is 0 Å². The van der Waals surface area contributed by atoms with Gasteiger partial charge >= 0.3 is 0 Å². The van der Waals surface area contributed by atoms with Crippen LogP contribution in [-0.4, -0.2) is 11.2 Å². The Kier molecular flexibility index (Phi) is 4.67. The number of rotatable bonds is 3. The molecule has 0 aromatic carbocycles. The second kappa shape index (κ2) is 4.85. The molecule has 1 atom stereocenters. The maximum Gasteiger partial charge on any atom is 0.0546 e. The molecule has 0 spiro atoms. The molecule has 0 aliphatic heterocycles. The molecule has 0 saturated heterocycles. The van der Waals surface area contributed by atoms with Gasteiger partial charge in [-0.3, -0.25) is 0 Å². The lowest BCUT2D eigenvalue weighted by Crippen LogP contribution is -1.94. The molecule has 0 rings (SSSR count). The Morgan fingerprint density at radius 3 is 2.50 bits per heavy atom. The Bertz CT molecular complexity index is 64.8. The number of hydrogen-bond acceptors (Lipinski definition) is 1. The summed E-state index contributed by atoms with van der Waals surface area (Å²) in [6.45, 7) is 3.87. The van der Waals surface area contributed by atoms with Gasteiger partial charge in [0.1, 0.15) is 0 Å². The Morgan fingerprint density at radius 1 is 1.50 bits per heavy atom. The van der Waals surface area contributed by atoms with Crippen LogP contribution in [-0.2, 0) is 0 Å². The van der Waals surface area contributed by atoms with Gasteiger partial charge in [-0.1, -0.05) is 19.1 Å². The second-order valence-electron chi connectivity index (χ2n) is 1.96. The predicted molar refractivity (Wildman–Crippen MR) is 35.7 cm³/mol. The van der Waals surface area contributed by atoms with Gasteiger partial charge in [0.2, 0.25) is 0 Å². The molecule has 0 aliphatic carbocycles. The van der Waals surface area contributed by atoms with E-state index in [1.807, 2.05) is 6.08 Å². The fourth-order valence-electron chi connectivity index (χ4n) is 0.460. The van der Waals surface area contributed by atoms with Crippen LogP contribution in [0.25, 0.3) is 0 Å². The van der Waals surface area contributed by atoms with E-state index in [1.54, 1.807) is 6.92 Å². The molecule has 1 heteroatoms. The van der Waals surface area contributed by atoms with E-state index in [0.29, 0.717) is 0 Å². The first-order valence-electron chi connectivity index (χ1n) is 3.10. The fraction of sp³-hybridized carbons (Fsp3) is 0.714. The molecule has 0 heterocycles. The highest BCUT2D eigenvalue weighted by atomic mass is 16.3. The zero-order valence-corrected chi connectivity index (χ0v) is 5.59. The highest BCUT2D eigenvalue weighted by Gasteiger charge is 1.86. The van der Waals surface area contributed by atoms with Gasteiger partial charge in [0.15, 0.2) is 0 Å². The zero-order chi connectivity index (χ0) is 6.41. The summed E-state index contributed by atoms with van der Waals surface area (Å²) in [5.41, 5.74) is 0. The number of allylic oxidation sites excluding steroid dienone is 1. The molecule has 1 N–H and O–H groups in total. The molecule has 0 aromatic rings. The monoisotopic (exact) mass is 114 g/mol. The molecule has 0 aliphatic rings. The first-order chi connectivity index (χ1) is 3.77. The van der Waals surface area contributed by atoms with Gasteiger partial charge in [-0.25, -0.2) is 0 Å². The van der Waals surface area contributed by atoms with Crippen molar-refractivity contribution in [2.45, 2.75) is 32.8 Å². The third-order valence-electron chi connectivity index (χ3n) is 0.880. The van der Waals surface area contributed by atoms with Crippen LogP contribution in [0.5, 0.6) is 0 Å². The maximum atomic E-state index is 8.73. The average Bonchev–Trinajstić information content (AvgIpc) is 1.66. The average molecular weight is 114 g/mol. The summed E-state index contributed by atoms with van der Waals surface area (Å²) in [7, 11) is 0. The molecule has 0 fully saturated rings. The first kappa shape index (κ1) is 7.70. The van der Waals surface area contributed by atoms with Crippen molar-refractivity contribution in [1.29, 1.82) is 0 Å². The van der Waals surface area contributed by atoms with E-state index in [9.17, 15) is 0 Å². The van der Waals surface area contributed by atoms with Crippen LogP contribution in [0.1, 0.15) is 26.7 Å². The molecular formula is C7H14O. The Morgan fingerprint density at radius 2 is 2.12 bits per heavy atom. The molecule has 0 amide bonds. The van der Waals surface area contributed by atoms with Crippen LogP contribution in [0, 0.1) is 0 Å². The minimum atomic E-state index is -0.183. The fourth-order valence-corrected chi connectivity index (χ4v) is 0.460. The van der Waals surface area contributed by atoms with Crippen molar-refractivity contribution in [2.24, 2.45) is 0 Å². The number of aliphatic hydroxyl groups excluding tert-OH is 1. The maximum absolute atomic E-state index is 8.73. The third kappa shape index (κ3) is 5.70. The lowest BCUT2D eigenvalue weighted by Gasteiger charge is -1.94. The van der Waals surface area contributed by atoms with E-state index in [-0.39, 0.29) is 6.10 Å². The molecule has 0 bridgehead atoms. The Labute approximate surface area is 51.0 Å². The molecule has 48 valence electrons. The van der Waals surface area contributed by atoms with Gasteiger partial charge in [0.25, 0.3) is 0 Å². The zero-order valence-electron chi connectivity index (χ0n) is 5.59. The van der Waals surface area contributed by atoms with Crippen LogP contribution in [0.3, 0.4) is 0 Å². The van der Waals surface area contributed by atoms with Gasteiger partial charge in [-0.2, -0.15) is 0 Å². The Hall–Kier alpha value is -0.300. The molecule has 8 heavy (non-hydrogen) atoms. The molecule has 0 radical (unpaired) electrons. The number of aliphatic hydroxyl groups is 1. The normalized spacial score (nSPS) is 14.9. The summed E-state index contributed by atoms with van der Waals surface area (Å²) < 4.78 is 0. The van der Waals surface area contributed by atoms with Crippen LogP contribution < -0.4 is 0 Å². The summed E-state index contributed by atoms with van der Waals surface area (Å²) in [6, 6.07) is 0. The minimum Gasteiger partial charge on any atom is -0.393 e. The largest absolute Gasteiger partial charge is 0.393 e. The first-order valence-corrected chi connectivity index (χ1v) is 3.10. The van der Waals surface area contributed by atoms with Gasteiger partial charge in [-0.15, -0.1) is 0 Å². The van der Waals surface area contributed by atoms with E-state index in [1.165, 1.54) is 0 Å². The molecule has 1 nitrogen and oxygen atoms in total. The van der Waals surface area contributed by atoms with E-state index < -0.39 is 0 Å². The van der Waals surface area contributed by atoms with E-state index >= 15 is 0 Å². The van der Waals surface area contributed by atoms with Crippen LogP contribution in [0.15, 0.2) is 12.2 Å². The van der Waals surface area contributed by atoms with Crippen molar-refractivity contribution in [3.05, 3.63) is 12.2 Å². The minimum absolute atomic E-state index is 0.183. The lowest BCUT2D eigenvalue weighted by molar-refractivity contribution is 0.198. The van der Waals surface area contributed by atoms with Crippen molar-refractivity contribution >= 4 is 0 Å². The van der Waals surface area contributed by atoms with Crippen molar-refractivity contribution in [1.82, 2.24) is 0 Å². The standard InChI is InChI=1S/C7H14O/c1-3-4-5-6-7(2)8/h4-5,7-8H,3,6H2,1-2H3/b5-4-/t7-/m0/s1. The smallest absolute Gasteiger partial charge is 0.0546 e.